The van der Waals surface area contributed by atoms with Crippen LogP contribution in [0.15, 0.2) is 42.5 Å². The highest BCUT2D eigenvalue weighted by Gasteiger charge is 2.30. The second-order valence-corrected chi connectivity index (χ2v) is 7.05. The lowest BCUT2D eigenvalue weighted by atomic mass is 9.97. The predicted octanol–water partition coefficient (Wildman–Crippen LogP) is 2.30. The summed E-state index contributed by atoms with van der Waals surface area (Å²) in [5.41, 5.74) is 0.825. The summed E-state index contributed by atoms with van der Waals surface area (Å²) in [6.45, 7) is 0.264. The molecule has 1 saturated heterocycles. The van der Waals surface area contributed by atoms with E-state index < -0.39 is 12.7 Å². The summed E-state index contributed by atoms with van der Waals surface area (Å²) in [4.78, 5) is 26.2. The van der Waals surface area contributed by atoms with E-state index in [0.29, 0.717) is 24.0 Å². The summed E-state index contributed by atoms with van der Waals surface area (Å²) in [6.07, 6.45) is 1.96. The third kappa shape index (κ3) is 4.58. The monoisotopic (exact) mass is 399 g/mol. The van der Waals surface area contributed by atoms with Gasteiger partial charge < -0.3 is 25.0 Å². The van der Waals surface area contributed by atoms with E-state index in [9.17, 15) is 24.9 Å². The molecule has 0 aliphatic carbocycles. The smallest absolute Gasteiger partial charge is 0.254 e. The molecule has 3 N–H and O–H groups in total. The highest BCUT2D eigenvalue weighted by Crippen LogP contribution is 2.28. The maximum absolute atomic E-state index is 13.2. The van der Waals surface area contributed by atoms with Gasteiger partial charge in [-0.25, -0.2) is 0 Å². The van der Waals surface area contributed by atoms with Crippen LogP contribution in [-0.2, 0) is 0 Å². The highest BCUT2D eigenvalue weighted by atomic mass is 16.5. The number of carbonyl (C=O) groups excluding carboxylic acids is 2. The number of benzene rings is 2. The second-order valence-electron chi connectivity index (χ2n) is 7.05. The fraction of sp³-hybridized carbons (Fsp3) is 0.364. The van der Waals surface area contributed by atoms with Gasteiger partial charge in [-0.05, 0) is 43.0 Å². The van der Waals surface area contributed by atoms with Crippen LogP contribution in [0, 0.1) is 0 Å². The summed E-state index contributed by atoms with van der Waals surface area (Å²) in [6, 6.07) is 11.1. The molecule has 1 aliphatic heterocycles. The van der Waals surface area contributed by atoms with E-state index in [1.807, 2.05) is 0 Å². The molecule has 1 amide bonds. The fourth-order valence-electron chi connectivity index (χ4n) is 3.64. The zero-order valence-corrected chi connectivity index (χ0v) is 16.0. The van der Waals surface area contributed by atoms with Crippen molar-refractivity contribution in [1.82, 2.24) is 4.90 Å². The van der Waals surface area contributed by atoms with Crippen molar-refractivity contribution < 1.29 is 29.6 Å². The van der Waals surface area contributed by atoms with Gasteiger partial charge in [-0.2, -0.15) is 0 Å². The highest BCUT2D eigenvalue weighted by molar-refractivity contribution is 5.96. The van der Waals surface area contributed by atoms with Crippen LogP contribution in [0.5, 0.6) is 11.5 Å². The number of rotatable bonds is 7. The predicted molar refractivity (Wildman–Crippen MR) is 106 cm³/mol. The van der Waals surface area contributed by atoms with E-state index in [1.165, 1.54) is 6.07 Å². The Morgan fingerprint density at radius 1 is 1.21 bits per heavy atom. The van der Waals surface area contributed by atoms with Gasteiger partial charge in [0.1, 0.15) is 24.2 Å². The molecule has 0 saturated carbocycles. The Hall–Kier alpha value is -2.90. The number of likely N-dealkylation sites (tertiary alicyclic amines) is 1. The van der Waals surface area contributed by atoms with Crippen molar-refractivity contribution >= 4 is 12.2 Å². The van der Waals surface area contributed by atoms with E-state index in [0.717, 1.165) is 19.3 Å². The first-order valence-electron chi connectivity index (χ1n) is 9.65. The molecule has 2 atom stereocenters. The maximum atomic E-state index is 13.2. The number of hydrogen-bond donors (Lipinski definition) is 3. The van der Waals surface area contributed by atoms with Crippen LogP contribution in [0.4, 0.5) is 0 Å². The first kappa shape index (κ1) is 20.8. The van der Waals surface area contributed by atoms with Gasteiger partial charge in [-0.15, -0.1) is 0 Å². The summed E-state index contributed by atoms with van der Waals surface area (Å²) in [7, 11) is 0. The lowest BCUT2D eigenvalue weighted by Crippen LogP contribution is -2.47. The number of ether oxygens (including phenoxy) is 1. The lowest BCUT2D eigenvalue weighted by Gasteiger charge is -2.36. The van der Waals surface area contributed by atoms with Crippen LogP contribution in [-0.4, -0.2) is 58.2 Å². The number of carbonyl (C=O) groups is 2. The molecule has 2 aromatic rings. The summed E-state index contributed by atoms with van der Waals surface area (Å²) >= 11 is 0. The van der Waals surface area contributed by atoms with Gasteiger partial charge in [0, 0.05) is 12.1 Å². The molecule has 0 spiro atoms. The first-order chi connectivity index (χ1) is 14.1. The molecular formula is C22H25NO6. The van der Waals surface area contributed by atoms with Crippen molar-refractivity contribution in [2.24, 2.45) is 0 Å². The van der Waals surface area contributed by atoms with E-state index in [-0.39, 0.29) is 35.6 Å². The van der Waals surface area contributed by atoms with Crippen LogP contribution in [0.3, 0.4) is 0 Å². The van der Waals surface area contributed by atoms with Gasteiger partial charge in [0.15, 0.2) is 6.29 Å². The van der Waals surface area contributed by atoms with Crippen molar-refractivity contribution in [3.05, 3.63) is 59.2 Å². The summed E-state index contributed by atoms with van der Waals surface area (Å²) < 4.78 is 5.79. The van der Waals surface area contributed by atoms with Gasteiger partial charge in [0.2, 0.25) is 0 Å². The number of amides is 1. The fourth-order valence-corrected chi connectivity index (χ4v) is 3.64. The van der Waals surface area contributed by atoms with Gasteiger partial charge >= 0.3 is 0 Å². The van der Waals surface area contributed by atoms with Crippen LogP contribution in [0.2, 0.25) is 0 Å². The average molecular weight is 399 g/mol. The Labute approximate surface area is 169 Å². The molecular weight excluding hydrogens is 374 g/mol. The van der Waals surface area contributed by atoms with Gasteiger partial charge in [0.05, 0.1) is 18.2 Å². The molecule has 154 valence electrons. The minimum absolute atomic E-state index is 0.0811. The number of piperidine rings is 1. The molecule has 1 unspecified atom stereocenters. The third-order valence-electron chi connectivity index (χ3n) is 5.20. The van der Waals surface area contributed by atoms with Crippen LogP contribution in [0.25, 0.3) is 0 Å². The Kier molecular flexibility index (Phi) is 6.85. The topological polar surface area (TPSA) is 107 Å². The SMILES string of the molecule is O=Cc1c(O)cccc1OC[C@@H]1CCCCN1C(=O)c1ccccc1C(O)CO. The molecule has 0 aromatic heterocycles. The Morgan fingerprint density at radius 3 is 2.76 bits per heavy atom. The number of aliphatic hydroxyl groups is 2. The number of hydrogen-bond acceptors (Lipinski definition) is 6. The van der Waals surface area contributed by atoms with Crippen molar-refractivity contribution in [1.29, 1.82) is 0 Å². The molecule has 2 aromatic carbocycles. The van der Waals surface area contributed by atoms with Gasteiger partial charge in [-0.1, -0.05) is 24.3 Å². The van der Waals surface area contributed by atoms with E-state index in [2.05, 4.69) is 0 Å². The maximum Gasteiger partial charge on any atom is 0.254 e. The normalized spacial score (nSPS) is 17.6. The molecule has 1 heterocycles. The van der Waals surface area contributed by atoms with Crippen molar-refractivity contribution in [2.75, 3.05) is 19.8 Å². The number of phenols is 1. The van der Waals surface area contributed by atoms with E-state index in [4.69, 9.17) is 4.74 Å². The minimum Gasteiger partial charge on any atom is -0.507 e. The van der Waals surface area contributed by atoms with Gasteiger partial charge in [-0.3, -0.25) is 9.59 Å². The Bertz CT molecular complexity index is 868. The molecule has 0 radical (unpaired) electrons. The van der Waals surface area contributed by atoms with Crippen LogP contribution < -0.4 is 4.74 Å². The zero-order valence-electron chi connectivity index (χ0n) is 16.0. The number of aliphatic hydroxyl groups excluding tert-OH is 2. The number of aromatic hydroxyl groups is 1. The summed E-state index contributed by atoms with van der Waals surface area (Å²) in [5.74, 6) is -0.108. The number of nitrogens with zero attached hydrogens (tertiary/aromatic N) is 1. The van der Waals surface area contributed by atoms with Crippen LogP contribution >= 0.6 is 0 Å². The van der Waals surface area contributed by atoms with Crippen molar-refractivity contribution in [2.45, 2.75) is 31.4 Å². The first-order valence-corrected chi connectivity index (χ1v) is 9.65. The zero-order chi connectivity index (χ0) is 20.8. The standard InChI is InChI=1S/C22H25NO6/c24-12-18-19(26)9-5-10-21(18)29-14-15-6-3-4-11-23(15)22(28)17-8-2-1-7-16(17)20(27)13-25/h1-2,5,7-10,12,15,20,25-27H,3-4,6,11,13-14H2/t15-,20?/m0/s1. The van der Waals surface area contributed by atoms with Crippen molar-refractivity contribution in [3.63, 3.8) is 0 Å². The van der Waals surface area contributed by atoms with E-state index in [1.54, 1.807) is 41.3 Å². The average Bonchev–Trinajstić information content (AvgIpc) is 2.77. The quantitative estimate of drug-likeness (QED) is 0.617. The molecule has 7 heteroatoms. The molecule has 7 nitrogen and oxygen atoms in total. The lowest BCUT2D eigenvalue weighted by molar-refractivity contribution is 0.0513. The number of aldehydes is 1. The molecule has 29 heavy (non-hydrogen) atoms. The Balaban J connectivity index is 1.79. The second kappa shape index (κ2) is 9.54. The molecule has 3 rings (SSSR count). The van der Waals surface area contributed by atoms with Crippen LogP contribution in [0.1, 0.15) is 51.6 Å². The molecule has 1 aliphatic rings. The summed E-state index contributed by atoms with van der Waals surface area (Å²) in [5, 5.41) is 29.2. The molecule has 0 bridgehead atoms. The largest absolute Gasteiger partial charge is 0.507 e. The number of phenolic OH excluding ortho intramolecular Hbond substituents is 1. The Morgan fingerprint density at radius 2 is 2.00 bits per heavy atom. The van der Waals surface area contributed by atoms with Gasteiger partial charge in [0.25, 0.3) is 5.91 Å². The minimum atomic E-state index is -1.13. The van der Waals surface area contributed by atoms with Crippen molar-refractivity contribution in [3.8, 4) is 11.5 Å². The van der Waals surface area contributed by atoms with E-state index >= 15 is 0 Å². The molecule has 1 fully saturated rings. The third-order valence-corrected chi connectivity index (χ3v) is 5.20.